The second kappa shape index (κ2) is 5.58. The standard InChI is InChI=1S/C11H10N4O3/c16-11(17)6-18-10-3-1-9(2-4-10)5-14-15-7-12-13-8-15/h1-5,7-8H,6H2,(H,16,17)/b14-5+. The number of hydrogen-bond donors (Lipinski definition) is 1. The number of aliphatic carboxylic acids is 1. The number of carboxylic acids is 1. The van der Waals surface area contributed by atoms with Crippen molar-refractivity contribution in [2.24, 2.45) is 5.10 Å². The van der Waals surface area contributed by atoms with E-state index in [9.17, 15) is 4.79 Å². The molecule has 2 rings (SSSR count). The molecule has 7 nitrogen and oxygen atoms in total. The molecule has 18 heavy (non-hydrogen) atoms. The monoisotopic (exact) mass is 246 g/mol. The average molecular weight is 246 g/mol. The van der Waals surface area contributed by atoms with Crippen LogP contribution in [0.1, 0.15) is 5.56 Å². The Hall–Kier alpha value is -2.70. The van der Waals surface area contributed by atoms with Gasteiger partial charge in [-0.1, -0.05) is 0 Å². The zero-order valence-electron chi connectivity index (χ0n) is 9.30. The van der Waals surface area contributed by atoms with Gasteiger partial charge in [0.2, 0.25) is 0 Å². The number of carbonyl (C=O) groups is 1. The molecule has 0 saturated carbocycles. The van der Waals surface area contributed by atoms with Crippen molar-refractivity contribution in [3.8, 4) is 5.75 Å². The molecule has 0 aliphatic carbocycles. The molecule has 92 valence electrons. The van der Waals surface area contributed by atoms with E-state index in [1.807, 2.05) is 0 Å². The summed E-state index contributed by atoms with van der Waals surface area (Å²) in [6.45, 7) is -0.353. The summed E-state index contributed by atoms with van der Waals surface area (Å²) in [5.74, 6) is -0.507. The molecule has 2 aromatic rings. The van der Waals surface area contributed by atoms with Crippen LogP contribution in [0.4, 0.5) is 0 Å². The highest BCUT2D eigenvalue weighted by molar-refractivity contribution is 5.79. The Bertz CT molecular complexity index is 534. The number of hydrogen-bond acceptors (Lipinski definition) is 5. The van der Waals surface area contributed by atoms with Crippen LogP contribution in [0.2, 0.25) is 0 Å². The first-order chi connectivity index (χ1) is 8.74. The topological polar surface area (TPSA) is 89.6 Å². The first-order valence-corrected chi connectivity index (χ1v) is 5.08. The van der Waals surface area contributed by atoms with E-state index >= 15 is 0 Å². The predicted molar refractivity (Wildman–Crippen MR) is 62.6 cm³/mol. The number of aromatic nitrogens is 3. The molecule has 0 atom stereocenters. The van der Waals surface area contributed by atoms with Gasteiger partial charge in [0.15, 0.2) is 6.61 Å². The first-order valence-electron chi connectivity index (χ1n) is 5.08. The zero-order chi connectivity index (χ0) is 12.8. The lowest BCUT2D eigenvalue weighted by Gasteiger charge is -2.02. The molecule has 0 fully saturated rings. The summed E-state index contributed by atoms with van der Waals surface area (Å²) < 4.78 is 6.47. The fraction of sp³-hybridized carbons (Fsp3) is 0.0909. The maximum Gasteiger partial charge on any atom is 0.341 e. The minimum atomic E-state index is -1.01. The molecule has 0 saturated heterocycles. The third kappa shape index (κ3) is 3.41. The number of benzene rings is 1. The number of rotatable bonds is 5. The van der Waals surface area contributed by atoms with E-state index in [4.69, 9.17) is 9.84 Å². The van der Waals surface area contributed by atoms with E-state index < -0.39 is 5.97 Å². The van der Waals surface area contributed by atoms with Crippen molar-refractivity contribution in [3.05, 3.63) is 42.5 Å². The summed E-state index contributed by atoms with van der Waals surface area (Å²) in [7, 11) is 0. The summed E-state index contributed by atoms with van der Waals surface area (Å²) in [6.07, 6.45) is 4.58. The Morgan fingerprint density at radius 3 is 2.61 bits per heavy atom. The molecule has 0 radical (unpaired) electrons. The van der Waals surface area contributed by atoms with Gasteiger partial charge in [-0.2, -0.15) is 5.10 Å². The fourth-order valence-corrected chi connectivity index (χ4v) is 1.18. The van der Waals surface area contributed by atoms with Gasteiger partial charge in [0.1, 0.15) is 18.4 Å². The highest BCUT2D eigenvalue weighted by atomic mass is 16.5. The summed E-state index contributed by atoms with van der Waals surface area (Å²) in [5.41, 5.74) is 0.853. The van der Waals surface area contributed by atoms with E-state index in [0.29, 0.717) is 5.75 Å². The lowest BCUT2D eigenvalue weighted by atomic mass is 10.2. The van der Waals surface area contributed by atoms with Crippen LogP contribution < -0.4 is 4.74 Å². The van der Waals surface area contributed by atoms with Crippen LogP contribution in [0.25, 0.3) is 0 Å². The number of ether oxygens (including phenoxy) is 1. The minimum Gasteiger partial charge on any atom is -0.482 e. The molecule has 1 N–H and O–H groups in total. The van der Waals surface area contributed by atoms with Gasteiger partial charge in [-0.15, -0.1) is 10.2 Å². The van der Waals surface area contributed by atoms with E-state index in [2.05, 4.69) is 15.3 Å². The quantitative estimate of drug-likeness (QED) is 0.781. The van der Waals surface area contributed by atoms with Crippen molar-refractivity contribution in [2.45, 2.75) is 0 Å². The van der Waals surface area contributed by atoms with Gasteiger partial charge in [0.25, 0.3) is 0 Å². The van der Waals surface area contributed by atoms with Crippen LogP contribution in [0.3, 0.4) is 0 Å². The van der Waals surface area contributed by atoms with Gasteiger partial charge < -0.3 is 9.84 Å². The zero-order valence-corrected chi connectivity index (χ0v) is 9.30. The van der Waals surface area contributed by atoms with Crippen LogP contribution in [-0.4, -0.2) is 38.8 Å². The molecule has 0 aliphatic rings. The molecule has 0 aliphatic heterocycles. The van der Waals surface area contributed by atoms with Crippen molar-refractivity contribution in [3.63, 3.8) is 0 Å². The summed E-state index contributed by atoms with van der Waals surface area (Å²) in [6, 6.07) is 6.89. The lowest BCUT2D eigenvalue weighted by molar-refractivity contribution is -0.139. The van der Waals surface area contributed by atoms with Crippen LogP contribution in [-0.2, 0) is 4.79 Å². The highest BCUT2D eigenvalue weighted by Crippen LogP contribution is 2.10. The lowest BCUT2D eigenvalue weighted by Crippen LogP contribution is -2.09. The van der Waals surface area contributed by atoms with Gasteiger partial charge in [-0.05, 0) is 29.8 Å². The summed E-state index contributed by atoms with van der Waals surface area (Å²) in [4.78, 5) is 10.3. The minimum absolute atomic E-state index is 0.353. The van der Waals surface area contributed by atoms with Crippen LogP contribution >= 0.6 is 0 Å². The molecule has 1 aromatic heterocycles. The van der Waals surface area contributed by atoms with Crippen LogP contribution in [0.15, 0.2) is 42.0 Å². The molecular formula is C11H10N4O3. The molecule has 0 spiro atoms. The summed E-state index contributed by atoms with van der Waals surface area (Å²) >= 11 is 0. The average Bonchev–Trinajstić information content (AvgIpc) is 2.88. The molecule has 0 amide bonds. The van der Waals surface area contributed by atoms with E-state index in [0.717, 1.165) is 5.56 Å². The second-order valence-corrected chi connectivity index (χ2v) is 3.34. The van der Waals surface area contributed by atoms with E-state index in [-0.39, 0.29) is 6.61 Å². The molecule has 0 bridgehead atoms. The largest absolute Gasteiger partial charge is 0.482 e. The molecule has 7 heteroatoms. The Kier molecular flexibility index (Phi) is 3.65. The molecule has 1 heterocycles. The van der Waals surface area contributed by atoms with Gasteiger partial charge in [-0.25, -0.2) is 9.47 Å². The third-order valence-electron chi connectivity index (χ3n) is 1.99. The Morgan fingerprint density at radius 1 is 1.33 bits per heavy atom. The van der Waals surface area contributed by atoms with Crippen LogP contribution in [0, 0.1) is 0 Å². The second-order valence-electron chi connectivity index (χ2n) is 3.34. The van der Waals surface area contributed by atoms with Gasteiger partial charge in [-0.3, -0.25) is 0 Å². The SMILES string of the molecule is O=C(O)COc1ccc(/C=N/n2cnnc2)cc1. The van der Waals surface area contributed by atoms with Gasteiger partial charge in [0, 0.05) is 0 Å². The Morgan fingerprint density at radius 2 is 2.00 bits per heavy atom. The fourth-order valence-electron chi connectivity index (χ4n) is 1.18. The van der Waals surface area contributed by atoms with Crippen molar-refractivity contribution in [1.82, 2.24) is 14.9 Å². The van der Waals surface area contributed by atoms with Crippen molar-refractivity contribution in [2.75, 3.05) is 6.61 Å². The Labute approximate surface area is 102 Å². The molecule has 0 unspecified atom stereocenters. The van der Waals surface area contributed by atoms with Crippen molar-refractivity contribution >= 4 is 12.2 Å². The van der Waals surface area contributed by atoms with E-state index in [1.165, 1.54) is 17.3 Å². The maximum atomic E-state index is 10.3. The number of nitrogens with zero attached hydrogens (tertiary/aromatic N) is 4. The Balaban J connectivity index is 1.97. The molecule has 1 aromatic carbocycles. The van der Waals surface area contributed by atoms with Crippen molar-refractivity contribution < 1.29 is 14.6 Å². The normalized spacial score (nSPS) is 10.7. The van der Waals surface area contributed by atoms with Crippen molar-refractivity contribution in [1.29, 1.82) is 0 Å². The maximum absolute atomic E-state index is 10.3. The molecular weight excluding hydrogens is 236 g/mol. The predicted octanol–water partition coefficient (Wildman–Crippen LogP) is 0.624. The van der Waals surface area contributed by atoms with Gasteiger partial charge >= 0.3 is 5.97 Å². The third-order valence-corrected chi connectivity index (χ3v) is 1.99. The number of carboxylic acid groups (broad SMARTS) is 1. The highest BCUT2D eigenvalue weighted by Gasteiger charge is 1.98. The van der Waals surface area contributed by atoms with E-state index in [1.54, 1.807) is 30.5 Å². The first kappa shape index (κ1) is 11.8. The smallest absolute Gasteiger partial charge is 0.341 e. The van der Waals surface area contributed by atoms with Crippen LogP contribution in [0.5, 0.6) is 5.75 Å². The van der Waals surface area contributed by atoms with Gasteiger partial charge in [0.05, 0.1) is 6.21 Å². The summed E-state index contributed by atoms with van der Waals surface area (Å²) in [5, 5.41) is 19.8.